The second-order valence-corrected chi connectivity index (χ2v) is 13.1. The minimum atomic E-state index is -4.77. The Bertz CT molecular complexity index is 1390. The lowest BCUT2D eigenvalue weighted by Crippen LogP contribution is -2.49. The van der Waals surface area contributed by atoms with Gasteiger partial charge in [0, 0.05) is 12.2 Å². The normalized spacial score (nSPS) is 18.6. The molecule has 230 valence electrons. The number of sulfonamides is 1. The van der Waals surface area contributed by atoms with Crippen LogP contribution in [0.25, 0.3) is 0 Å². The minimum Gasteiger partial charge on any atom is -0.486 e. The van der Waals surface area contributed by atoms with Crippen LogP contribution < -0.4 is 19.8 Å². The molecule has 14 heteroatoms. The predicted molar refractivity (Wildman–Crippen MR) is 148 cm³/mol. The quantitative estimate of drug-likeness (QED) is 0.289. The Hall–Kier alpha value is -3.36. The van der Waals surface area contributed by atoms with E-state index in [4.69, 9.17) is 14.3 Å². The van der Waals surface area contributed by atoms with Gasteiger partial charge in [-0.2, -0.15) is 13.2 Å². The molecular weight excluding hydrogens is 579 g/mol. The van der Waals surface area contributed by atoms with E-state index in [1.807, 2.05) is 0 Å². The number of anilines is 2. The van der Waals surface area contributed by atoms with E-state index in [0.29, 0.717) is 12.4 Å². The molecule has 10 nitrogen and oxygen atoms in total. The van der Waals surface area contributed by atoms with Gasteiger partial charge in [-0.15, -0.1) is 0 Å². The summed E-state index contributed by atoms with van der Waals surface area (Å²) in [6, 6.07) is 7.58. The first kappa shape index (κ1) is 31.6. The molecular formula is C28H34F3N3O7S. The molecule has 0 aromatic heterocycles. The fraction of sp³-hybridized carbons (Fsp3) is 0.500. The molecule has 2 atom stereocenters. The molecule has 42 heavy (non-hydrogen) atoms. The monoisotopic (exact) mass is 613 g/mol. The summed E-state index contributed by atoms with van der Waals surface area (Å²) in [6.45, 7) is 4.65. The fourth-order valence-corrected chi connectivity index (χ4v) is 6.25. The van der Waals surface area contributed by atoms with Crippen LogP contribution in [0, 0.1) is 5.92 Å². The van der Waals surface area contributed by atoms with Crippen molar-refractivity contribution in [1.29, 1.82) is 0 Å². The molecule has 1 saturated carbocycles. The number of nitrogens with zero attached hydrogens (tertiary/aromatic N) is 1. The Morgan fingerprint density at radius 3 is 2.50 bits per heavy atom. The van der Waals surface area contributed by atoms with E-state index >= 15 is 0 Å². The molecule has 0 saturated heterocycles. The number of hydroxylamine groups is 1. The summed E-state index contributed by atoms with van der Waals surface area (Å²) < 4.78 is 80.2. The van der Waals surface area contributed by atoms with Gasteiger partial charge in [0.25, 0.3) is 10.0 Å². The van der Waals surface area contributed by atoms with E-state index < -0.39 is 56.9 Å². The van der Waals surface area contributed by atoms with Gasteiger partial charge in [0.05, 0.1) is 34.7 Å². The van der Waals surface area contributed by atoms with Crippen LogP contribution >= 0.6 is 0 Å². The van der Waals surface area contributed by atoms with Crippen LogP contribution in [0.1, 0.15) is 52.0 Å². The van der Waals surface area contributed by atoms with Crippen molar-refractivity contribution in [2.24, 2.45) is 5.92 Å². The molecule has 1 fully saturated rings. The highest BCUT2D eigenvalue weighted by atomic mass is 32.2. The molecule has 2 aromatic rings. The second kappa shape index (κ2) is 12.5. The van der Waals surface area contributed by atoms with Crippen LogP contribution in [-0.2, 0) is 30.6 Å². The third-order valence-electron chi connectivity index (χ3n) is 6.77. The summed E-state index contributed by atoms with van der Waals surface area (Å²) in [5.41, 5.74) is 0.992. The first-order valence-electron chi connectivity index (χ1n) is 13.5. The second-order valence-electron chi connectivity index (χ2n) is 11.2. The highest BCUT2D eigenvalue weighted by molar-refractivity contribution is 7.92. The molecule has 2 aliphatic rings. The van der Waals surface area contributed by atoms with Crippen molar-refractivity contribution < 1.29 is 45.5 Å². The van der Waals surface area contributed by atoms with Crippen molar-refractivity contribution in [3.05, 3.63) is 48.0 Å². The lowest BCUT2D eigenvalue weighted by molar-refractivity contribution is -0.137. The molecule has 1 aliphatic carbocycles. The van der Waals surface area contributed by atoms with Gasteiger partial charge in [-0.1, -0.05) is 18.9 Å². The smallest absolute Gasteiger partial charge is 0.416 e. The zero-order valence-electron chi connectivity index (χ0n) is 23.4. The van der Waals surface area contributed by atoms with Crippen LogP contribution in [-0.4, -0.2) is 51.7 Å². The highest BCUT2D eigenvalue weighted by Gasteiger charge is 2.39. The summed E-state index contributed by atoms with van der Waals surface area (Å²) in [5.74, 6) is -0.807. The molecule has 1 aliphatic heterocycles. The number of rotatable bonds is 9. The van der Waals surface area contributed by atoms with Crippen molar-refractivity contribution in [3.8, 4) is 5.75 Å². The summed E-state index contributed by atoms with van der Waals surface area (Å²) in [7, 11) is -4.60. The molecule has 4 rings (SSSR count). The fourth-order valence-electron chi connectivity index (χ4n) is 4.72. The third kappa shape index (κ3) is 7.72. The largest absolute Gasteiger partial charge is 0.486 e. The Kier molecular flexibility index (Phi) is 9.38. The number of benzene rings is 2. The van der Waals surface area contributed by atoms with E-state index in [-0.39, 0.29) is 29.8 Å². The SMILES string of the molecule is CC(C)(C)OC(=O)Nc1ccc2c(c1)N(S(=O)(=O)c1cccc(C(F)(F)F)c1)CC(C(C=O)CNOC1CCCC1)O2. The van der Waals surface area contributed by atoms with Gasteiger partial charge in [0.15, 0.2) is 0 Å². The molecule has 2 aromatic carbocycles. The maximum absolute atomic E-state index is 13.9. The molecule has 2 N–H and O–H groups in total. The first-order valence-corrected chi connectivity index (χ1v) is 15.0. The van der Waals surface area contributed by atoms with Crippen LogP contribution in [0.3, 0.4) is 0 Å². The third-order valence-corrected chi connectivity index (χ3v) is 8.55. The molecule has 1 heterocycles. The van der Waals surface area contributed by atoms with Gasteiger partial charge in [-0.3, -0.25) is 14.5 Å². The first-order chi connectivity index (χ1) is 19.7. The average molecular weight is 614 g/mol. The van der Waals surface area contributed by atoms with E-state index in [2.05, 4.69) is 10.8 Å². The number of carbonyl (C=O) groups excluding carboxylic acids is 2. The standard InChI is InChI=1S/C28H34F3N3O7S/c1-27(2,3)40-26(36)33-20-11-12-24-23(14-20)34(42(37,38)22-10-6-7-19(13-22)28(29,30)31)16-25(39-24)18(17-35)15-32-41-21-8-4-5-9-21/h6-7,10-14,17-18,21,25,32H,4-5,8-9,15-16H2,1-3H3,(H,33,36). The molecule has 2 unspecified atom stereocenters. The summed E-state index contributed by atoms with van der Waals surface area (Å²) in [6.07, 6.45) is -2.08. The Morgan fingerprint density at radius 2 is 1.86 bits per heavy atom. The number of hydrogen-bond acceptors (Lipinski definition) is 8. The van der Waals surface area contributed by atoms with Gasteiger partial charge >= 0.3 is 12.3 Å². The van der Waals surface area contributed by atoms with Gasteiger partial charge in [-0.25, -0.2) is 18.7 Å². The molecule has 0 bridgehead atoms. The molecule has 1 amide bonds. The molecule has 0 spiro atoms. The Labute approximate surface area is 242 Å². The van der Waals surface area contributed by atoms with Crippen molar-refractivity contribution in [3.63, 3.8) is 0 Å². The van der Waals surface area contributed by atoms with Crippen molar-refractivity contribution in [1.82, 2.24) is 5.48 Å². The van der Waals surface area contributed by atoms with E-state index in [0.717, 1.165) is 48.2 Å². The van der Waals surface area contributed by atoms with Crippen LogP contribution in [0.5, 0.6) is 5.75 Å². The van der Waals surface area contributed by atoms with Crippen molar-refractivity contribution >= 4 is 33.8 Å². The Morgan fingerprint density at radius 1 is 1.14 bits per heavy atom. The van der Waals surface area contributed by atoms with E-state index in [1.165, 1.54) is 18.2 Å². The maximum atomic E-state index is 13.9. The summed E-state index contributed by atoms with van der Waals surface area (Å²) in [4.78, 5) is 29.5. The summed E-state index contributed by atoms with van der Waals surface area (Å²) >= 11 is 0. The highest BCUT2D eigenvalue weighted by Crippen LogP contribution is 2.41. The number of hydrogen-bond donors (Lipinski definition) is 2. The van der Waals surface area contributed by atoms with Crippen molar-refractivity contribution in [2.75, 3.05) is 22.7 Å². The van der Waals surface area contributed by atoms with Crippen LogP contribution in [0.15, 0.2) is 47.4 Å². The lowest BCUT2D eigenvalue weighted by atomic mass is 10.0. The Balaban J connectivity index is 1.66. The van der Waals surface area contributed by atoms with Crippen LogP contribution in [0.4, 0.5) is 29.3 Å². The average Bonchev–Trinajstić information content (AvgIpc) is 3.42. The number of halogens is 3. The lowest BCUT2D eigenvalue weighted by Gasteiger charge is -2.37. The van der Waals surface area contributed by atoms with Gasteiger partial charge < -0.3 is 14.3 Å². The van der Waals surface area contributed by atoms with E-state index in [9.17, 15) is 31.2 Å². The zero-order valence-corrected chi connectivity index (χ0v) is 24.3. The number of amides is 1. The number of alkyl halides is 3. The van der Waals surface area contributed by atoms with E-state index in [1.54, 1.807) is 20.8 Å². The van der Waals surface area contributed by atoms with Gasteiger partial charge in [-0.05, 0) is 70.0 Å². The number of aldehydes is 1. The summed E-state index contributed by atoms with van der Waals surface area (Å²) in [5, 5.41) is 2.52. The van der Waals surface area contributed by atoms with Crippen LogP contribution in [0.2, 0.25) is 0 Å². The number of nitrogens with one attached hydrogen (secondary N) is 2. The predicted octanol–water partition coefficient (Wildman–Crippen LogP) is 5.29. The van der Waals surface area contributed by atoms with Gasteiger partial charge in [0.2, 0.25) is 0 Å². The molecule has 0 radical (unpaired) electrons. The zero-order chi connectivity index (χ0) is 30.7. The number of fused-ring (bicyclic) bond motifs is 1. The maximum Gasteiger partial charge on any atom is 0.416 e. The number of carbonyl (C=O) groups is 2. The van der Waals surface area contributed by atoms with Crippen molar-refractivity contribution in [2.45, 2.75) is 75.3 Å². The minimum absolute atomic E-state index is 0.0129. The topological polar surface area (TPSA) is 123 Å². The van der Waals surface area contributed by atoms with Gasteiger partial charge in [0.1, 0.15) is 23.7 Å². The number of ether oxygens (including phenoxy) is 2.